The first-order chi connectivity index (χ1) is 17.8. The Balaban J connectivity index is 0.000000383. The van der Waals surface area contributed by atoms with E-state index in [4.69, 9.17) is 4.74 Å². The van der Waals surface area contributed by atoms with Crippen molar-refractivity contribution in [2.75, 3.05) is 6.61 Å². The van der Waals surface area contributed by atoms with E-state index in [9.17, 15) is 14.7 Å². The van der Waals surface area contributed by atoms with Crippen LogP contribution in [0, 0.1) is 0 Å². The fourth-order valence-electron chi connectivity index (χ4n) is 3.30. The number of aromatic nitrogens is 2. The van der Waals surface area contributed by atoms with Crippen LogP contribution in [0.15, 0.2) is 79.7 Å². The molecule has 2 aromatic carbocycles. The minimum absolute atomic E-state index is 0. The van der Waals surface area contributed by atoms with Crippen molar-refractivity contribution in [3.8, 4) is 0 Å². The maximum atomic E-state index is 12.0. The Hall–Kier alpha value is -1.18. The van der Waals surface area contributed by atoms with Gasteiger partial charge in [0.05, 0.1) is 17.6 Å². The largest absolute Gasteiger partial charge is 1.00 e. The summed E-state index contributed by atoms with van der Waals surface area (Å²) in [6.07, 6.45) is 3.47. The maximum Gasteiger partial charge on any atom is 1.00 e. The van der Waals surface area contributed by atoms with Gasteiger partial charge in [-0.3, -0.25) is 19.6 Å². The number of fused-ring (bicyclic) bond motifs is 2. The molecule has 208 valence electrons. The SMILES string of the molecule is CC(C)(Sc1ccnc2ccc(Br)cc12)C(=O)O.CCOC(=O)C(C)(C)Sc1ccnc2ccc(Br)cc12.[Na+].[OH-]. The molecule has 0 fully saturated rings. The molecule has 0 radical (unpaired) electrons. The van der Waals surface area contributed by atoms with Crippen LogP contribution in [-0.4, -0.2) is 48.6 Å². The number of nitrogens with zero attached hydrogens (tertiary/aromatic N) is 2. The van der Waals surface area contributed by atoms with E-state index in [1.54, 1.807) is 26.2 Å². The molecule has 7 nitrogen and oxygen atoms in total. The van der Waals surface area contributed by atoms with Gasteiger partial charge < -0.3 is 15.3 Å². The first kappa shape index (κ1) is 36.8. The summed E-state index contributed by atoms with van der Waals surface area (Å²) >= 11 is 9.72. The van der Waals surface area contributed by atoms with Gasteiger partial charge in [0.2, 0.25) is 0 Å². The van der Waals surface area contributed by atoms with E-state index in [-0.39, 0.29) is 41.0 Å². The molecule has 0 aliphatic rings. The molecule has 4 rings (SSSR count). The summed E-state index contributed by atoms with van der Waals surface area (Å²) in [6, 6.07) is 15.5. The van der Waals surface area contributed by atoms with Crippen molar-refractivity contribution in [2.45, 2.75) is 53.9 Å². The molecule has 4 aromatic rings. The fraction of sp³-hybridized carbons (Fsp3) is 0.286. The van der Waals surface area contributed by atoms with Crippen molar-refractivity contribution in [1.29, 1.82) is 0 Å². The Labute approximate surface area is 281 Å². The molecule has 2 aromatic heterocycles. The number of thioether (sulfide) groups is 2. The van der Waals surface area contributed by atoms with Gasteiger partial charge in [0.25, 0.3) is 0 Å². The number of hydrogen-bond donors (Lipinski definition) is 1. The molecule has 0 spiro atoms. The van der Waals surface area contributed by atoms with Gasteiger partial charge in [0.15, 0.2) is 0 Å². The Bertz CT molecular complexity index is 1490. The quantitative estimate of drug-likeness (QED) is 0.156. The topological polar surface area (TPSA) is 119 Å². The molecule has 2 N–H and O–H groups in total. The number of ether oxygens (including phenoxy) is 1. The smallest absolute Gasteiger partial charge is 0.870 e. The number of esters is 1. The van der Waals surface area contributed by atoms with Crippen molar-refractivity contribution in [2.24, 2.45) is 0 Å². The van der Waals surface area contributed by atoms with Crippen LogP contribution in [0.5, 0.6) is 0 Å². The van der Waals surface area contributed by atoms with Crippen LogP contribution in [0.3, 0.4) is 0 Å². The van der Waals surface area contributed by atoms with E-state index in [2.05, 4.69) is 41.8 Å². The van der Waals surface area contributed by atoms with Gasteiger partial charge in [-0.1, -0.05) is 31.9 Å². The molecule has 0 saturated carbocycles. The van der Waals surface area contributed by atoms with Gasteiger partial charge in [-0.15, -0.1) is 23.5 Å². The van der Waals surface area contributed by atoms with E-state index >= 15 is 0 Å². The predicted octanol–water partition coefficient (Wildman–Crippen LogP) is 5.21. The minimum Gasteiger partial charge on any atom is -0.870 e. The zero-order chi connectivity index (χ0) is 28.1. The number of carbonyl (C=O) groups is 2. The van der Waals surface area contributed by atoms with Gasteiger partial charge in [-0.25, -0.2) is 0 Å². The predicted molar refractivity (Wildman–Crippen MR) is 165 cm³/mol. The molecule has 0 bridgehead atoms. The third kappa shape index (κ3) is 9.69. The average molecular weight is 720 g/mol. The van der Waals surface area contributed by atoms with Crippen molar-refractivity contribution in [1.82, 2.24) is 9.97 Å². The van der Waals surface area contributed by atoms with Crippen LogP contribution < -0.4 is 29.6 Å². The number of carboxylic acids is 1. The number of aliphatic carboxylic acids is 1. The van der Waals surface area contributed by atoms with Gasteiger partial charge in [-0.2, -0.15) is 0 Å². The molecule has 0 saturated heterocycles. The second-order valence-corrected chi connectivity index (χ2v) is 14.4. The average Bonchev–Trinajstić information content (AvgIpc) is 2.85. The van der Waals surface area contributed by atoms with Gasteiger partial charge in [0.1, 0.15) is 9.49 Å². The Morgan fingerprint density at radius 1 is 0.825 bits per heavy atom. The van der Waals surface area contributed by atoms with Crippen molar-refractivity contribution >= 4 is 89.1 Å². The third-order valence-corrected chi connectivity index (χ3v) is 8.84. The van der Waals surface area contributed by atoms with Crippen LogP contribution in [0.25, 0.3) is 21.8 Å². The maximum absolute atomic E-state index is 12.0. The Morgan fingerprint density at radius 3 is 1.65 bits per heavy atom. The van der Waals surface area contributed by atoms with Crippen LogP contribution in [0.4, 0.5) is 0 Å². The molecule has 0 atom stereocenters. The number of rotatable bonds is 7. The number of pyridine rings is 2. The summed E-state index contributed by atoms with van der Waals surface area (Å²) in [5.74, 6) is -1.03. The third-order valence-electron chi connectivity index (χ3n) is 5.34. The van der Waals surface area contributed by atoms with Crippen molar-refractivity contribution in [3.63, 3.8) is 0 Å². The first-order valence-corrected chi connectivity index (χ1v) is 14.9. The summed E-state index contributed by atoms with van der Waals surface area (Å²) in [6.45, 7) is 9.36. The van der Waals surface area contributed by atoms with Crippen LogP contribution >= 0.6 is 55.4 Å². The number of hydrogen-bond acceptors (Lipinski definition) is 8. The molecule has 0 amide bonds. The molecular formula is C28H29Br2N2NaO5S2. The molecule has 2 heterocycles. The minimum atomic E-state index is -0.864. The normalized spacial score (nSPS) is 11.1. The number of halogens is 2. The summed E-state index contributed by atoms with van der Waals surface area (Å²) in [5, 5.41) is 11.2. The van der Waals surface area contributed by atoms with Crippen LogP contribution in [-0.2, 0) is 14.3 Å². The summed E-state index contributed by atoms with van der Waals surface area (Å²) in [4.78, 5) is 33.8. The Morgan fingerprint density at radius 2 is 1.25 bits per heavy atom. The fourth-order valence-corrected chi connectivity index (χ4v) is 6.16. The second kappa shape index (κ2) is 15.9. The molecule has 0 aliphatic heterocycles. The summed E-state index contributed by atoms with van der Waals surface area (Å²) in [7, 11) is 0. The van der Waals surface area contributed by atoms with E-state index in [0.717, 1.165) is 40.5 Å². The zero-order valence-corrected chi connectivity index (χ0v) is 29.9. The molecule has 12 heteroatoms. The summed E-state index contributed by atoms with van der Waals surface area (Å²) in [5.41, 5.74) is 1.78. The first-order valence-electron chi connectivity index (χ1n) is 11.7. The van der Waals surface area contributed by atoms with E-state index in [1.807, 2.05) is 69.3 Å². The van der Waals surface area contributed by atoms with Gasteiger partial charge >= 0.3 is 41.5 Å². The standard InChI is InChI=1S/C15H16BrNO2S.C13H12BrNO2S.Na.H2O/c1-4-19-14(18)15(2,3)20-13-7-8-17-12-6-5-10(16)9-11(12)13;1-13(2,12(16)17)18-11-5-6-15-10-4-3-8(14)7-9(10)11;;/h5-9H,4H2,1-3H3;3-7H,1-2H3,(H,16,17);;1H2/q;;+1;/p-1. The van der Waals surface area contributed by atoms with Crippen molar-refractivity contribution < 1.29 is 54.5 Å². The monoisotopic (exact) mass is 718 g/mol. The van der Waals surface area contributed by atoms with Gasteiger partial charge in [0, 0.05) is 41.9 Å². The molecule has 0 aliphatic carbocycles. The molecule has 0 unspecified atom stereocenters. The zero-order valence-electron chi connectivity index (χ0n) is 23.1. The molecular weight excluding hydrogens is 691 g/mol. The summed E-state index contributed by atoms with van der Waals surface area (Å²) < 4.78 is 5.58. The molecule has 40 heavy (non-hydrogen) atoms. The van der Waals surface area contributed by atoms with Crippen molar-refractivity contribution in [3.05, 3.63) is 69.9 Å². The Kier molecular flexibility index (Phi) is 14.6. The van der Waals surface area contributed by atoms with E-state index in [0.29, 0.717) is 6.61 Å². The second-order valence-electron chi connectivity index (χ2n) is 9.19. The number of carbonyl (C=O) groups excluding carboxylic acids is 1. The van der Waals surface area contributed by atoms with E-state index in [1.165, 1.54) is 23.5 Å². The van der Waals surface area contributed by atoms with Gasteiger partial charge in [-0.05, 0) is 83.1 Å². The number of carboxylic acid groups (broad SMARTS) is 1. The van der Waals surface area contributed by atoms with Crippen LogP contribution in [0.2, 0.25) is 0 Å². The van der Waals surface area contributed by atoms with Crippen LogP contribution in [0.1, 0.15) is 34.6 Å². The number of benzene rings is 2. The van der Waals surface area contributed by atoms with E-state index < -0.39 is 15.5 Å².